The van der Waals surface area contributed by atoms with Gasteiger partial charge >= 0.3 is 11.9 Å². The number of esters is 2. The second kappa shape index (κ2) is 27.6. The van der Waals surface area contributed by atoms with Gasteiger partial charge in [0.15, 0.2) is 0 Å². The number of hydrogen-bond donors (Lipinski definition) is 0. The molecule has 0 saturated carbocycles. The van der Waals surface area contributed by atoms with Crippen LogP contribution >= 0.6 is 0 Å². The van der Waals surface area contributed by atoms with E-state index in [1.165, 1.54) is 6.08 Å². The third-order valence-corrected chi connectivity index (χ3v) is 4.15. The molecular formula is C28H56O5. The Morgan fingerprint density at radius 2 is 1.36 bits per heavy atom. The van der Waals surface area contributed by atoms with Crippen molar-refractivity contribution in [2.45, 2.75) is 92.0 Å². The molecule has 0 fully saturated rings. The van der Waals surface area contributed by atoms with Gasteiger partial charge in [0.25, 0.3) is 0 Å². The third-order valence-electron chi connectivity index (χ3n) is 4.15. The maximum Gasteiger partial charge on any atom is 0.330 e. The SMILES string of the molecule is C.C.C.C.C.C.C.CCC(=O)C(C)CC(CC)C(=O)OCCOC(=O)/C=C\c1ccccc1. The predicted molar refractivity (Wildman–Crippen MR) is 147 cm³/mol. The maximum atomic E-state index is 12.1. The van der Waals surface area contributed by atoms with Gasteiger partial charge in [-0.1, -0.05) is 103 Å². The van der Waals surface area contributed by atoms with Crippen molar-refractivity contribution in [2.24, 2.45) is 11.8 Å². The highest BCUT2D eigenvalue weighted by atomic mass is 16.6. The lowest BCUT2D eigenvalue weighted by Gasteiger charge is -2.17. The minimum atomic E-state index is -0.487. The Hall–Kier alpha value is -2.43. The van der Waals surface area contributed by atoms with Gasteiger partial charge in [0.05, 0.1) is 5.92 Å². The van der Waals surface area contributed by atoms with E-state index in [9.17, 15) is 14.4 Å². The first-order valence-electron chi connectivity index (χ1n) is 9.07. The molecule has 2 unspecified atom stereocenters. The number of ketones is 1. The van der Waals surface area contributed by atoms with E-state index < -0.39 is 5.97 Å². The Morgan fingerprint density at radius 3 is 1.85 bits per heavy atom. The first-order chi connectivity index (χ1) is 12.5. The summed E-state index contributed by atoms with van der Waals surface area (Å²) in [4.78, 5) is 35.4. The molecule has 198 valence electrons. The molecule has 0 aliphatic heterocycles. The molecule has 0 saturated heterocycles. The number of benzene rings is 1. The summed E-state index contributed by atoms with van der Waals surface area (Å²) in [6.45, 7) is 5.56. The van der Waals surface area contributed by atoms with Crippen molar-refractivity contribution in [3.05, 3.63) is 42.0 Å². The van der Waals surface area contributed by atoms with E-state index in [1.54, 1.807) is 6.08 Å². The van der Waals surface area contributed by atoms with E-state index in [0.717, 1.165) is 5.56 Å². The molecule has 0 aliphatic carbocycles. The molecule has 2 atom stereocenters. The lowest BCUT2D eigenvalue weighted by Crippen LogP contribution is -2.24. The monoisotopic (exact) mass is 472 g/mol. The summed E-state index contributed by atoms with van der Waals surface area (Å²) in [5.74, 6) is -1.15. The fourth-order valence-corrected chi connectivity index (χ4v) is 2.52. The summed E-state index contributed by atoms with van der Waals surface area (Å²) in [5, 5.41) is 0. The Morgan fingerprint density at radius 1 is 0.848 bits per heavy atom. The summed E-state index contributed by atoms with van der Waals surface area (Å²) >= 11 is 0. The van der Waals surface area contributed by atoms with E-state index in [-0.39, 0.29) is 88.8 Å². The van der Waals surface area contributed by atoms with Gasteiger partial charge in [-0.05, 0) is 24.5 Å². The molecule has 0 bridgehead atoms. The van der Waals surface area contributed by atoms with Crippen molar-refractivity contribution < 1.29 is 23.9 Å². The Balaban J connectivity index is -0.000000193. The summed E-state index contributed by atoms with van der Waals surface area (Å²) in [5.41, 5.74) is 0.900. The highest BCUT2D eigenvalue weighted by molar-refractivity contribution is 5.87. The van der Waals surface area contributed by atoms with E-state index in [2.05, 4.69) is 0 Å². The van der Waals surface area contributed by atoms with Crippen LogP contribution in [0, 0.1) is 11.8 Å². The van der Waals surface area contributed by atoms with Gasteiger partial charge in [-0.25, -0.2) is 4.79 Å². The minimum Gasteiger partial charge on any atom is -0.462 e. The molecular weight excluding hydrogens is 416 g/mol. The van der Waals surface area contributed by atoms with Gasteiger partial charge in [0.2, 0.25) is 0 Å². The van der Waals surface area contributed by atoms with Crippen LogP contribution in [0.25, 0.3) is 6.08 Å². The smallest absolute Gasteiger partial charge is 0.330 e. The number of hydrogen-bond acceptors (Lipinski definition) is 5. The summed E-state index contributed by atoms with van der Waals surface area (Å²) < 4.78 is 10.2. The van der Waals surface area contributed by atoms with Crippen LogP contribution in [0.5, 0.6) is 0 Å². The molecule has 0 aromatic heterocycles. The number of Topliss-reactive ketones (excluding diaryl/α,β-unsaturated/α-hetero) is 1. The van der Waals surface area contributed by atoms with Crippen LogP contribution in [0.4, 0.5) is 0 Å². The van der Waals surface area contributed by atoms with Crippen LogP contribution < -0.4 is 0 Å². The molecule has 0 N–H and O–H groups in total. The quantitative estimate of drug-likeness (QED) is 0.184. The summed E-state index contributed by atoms with van der Waals surface area (Å²) in [6.07, 6.45) is 4.57. The van der Waals surface area contributed by atoms with Gasteiger partial charge in [-0.3, -0.25) is 9.59 Å². The molecule has 0 spiro atoms. The van der Waals surface area contributed by atoms with E-state index in [4.69, 9.17) is 9.47 Å². The molecule has 5 nitrogen and oxygen atoms in total. The zero-order valence-corrected chi connectivity index (χ0v) is 15.8. The molecule has 1 aromatic carbocycles. The standard InChI is InChI=1S/C21H28O5.7CH4/c1-4-18(15-16(3)19(22)5-2)21(24)26-14-13-25-20(23)12-11-17-9-7-6-8-10-17;;;;;;;/h6-12,16,18H,4-5,13-15H2,1-3H3;7*1H4/b12-11-;;;;;;;. The van der Waals surface area contributed by atoms with Gasteiger partial charge in [-0.2, -0.15) is 0 Å². The van der Waals surface area contributed by atoms with Gasteiger partial charge < -0.3 is 9.47 Å². The van der Waals surface area contributed by atoms with Crippen molar-refractivity contribution in [3.63, 3.8) is 0 Å². The normalized spacial score (nSPS) is 10.4. The Kier molecular flexibility index (Phi) is 40.2. The van der Waals surface area contributed by atoms with Gasteiger partial charge in [0.1, 0.15) is 19.0 Å². The second-order valence-corrected chi connectivity index (χ2v) is 6.14. The second-order valence-electron chi connectivity index (χ2n) is 6.14. The van der Waals surface area contributed by atoms with Crippen LogP contribution in [0.3, 0.4) is 0 Å². The van der Waals surface area contributed by atoms with Crippen LogP contribution in [0.2, 0.25) is 0 Å². The Bertz CT molecular complexity index is 608. The highest BCUT2D eigenvalue weighted by Crippen LogP contribution is 2.19. The van der Waals surface area contributed by atoms with Crippen LogP contribution in [0.1, 0.15) is 97.6 Å². The van der Waals surface area contributed by atoms with Crippen molar-refractivity contribution in [1.29, 1.82) is 0 Å². The molecule has 5 heteroatoms. The van der Waals surface area contributed by atoms with Crippen molar-refractivity contribution in [3.8, 4) is 0 Å². The van der Waals surface area contributed by atoms with Crippen molar-refractivity contribution in [1.82, 2.24) is 0 Å². The molecule has 0 heterocycles. The van der Waals surface area contributed by atoms with E-state index in [1.807, 2.05) is 51.1 Å². The molecule has 1 aromatic rings. The minimum absolute atomic E-state index is 0. The number of carbonyl (C=O) groups excluding carboxylic acids is 3. The maximum absolute atomic E-state index is 12.1. The zero-order valence-electron chi connectivity index (χ0n) is 15.8. The first kappa shape index (κ1) is 48.1. The first-order valence-corrected chi connectivity index (χ1v) is 9.07. The molecule has 0 radical (unpaired) electrons. The fourth-order valence-electron chi connectivity index (χ4n) is 2.52. The van der Waals surface area contributed by atoms with Crippen LogP contribution in [-0.2, 0) is 23.9 Å². The lowest BCUT2D eigenvalue weighted by atomic mass is 9.90. The van der Waals surface area contributed by atoms with Crippen molar-refractivity contribution >= 4 is 23.8 Å². The Labute approximate surface area is 207 Å². The van der Waals surface area contributed by atoms with Gasteiger partial charge in [0, 0.05) is 18.4 Å². The number of carbonyl (C=O) groups is 3. The zero-order chi connectivity index (χ0) is 19.4. The van der Waals surface area contributed by atoms with Crippen LogP contribution in [0.15, 0.2) is 36.4 Å². The topological polar surface area (TPSA) is 69.7 Å². The van der Waals surface area contributed by atoms with Gasteiger partial charge in [-0.15, -0.1) is 0 Å². The van der Waals surface area contributed by atoms with Crippen LogP contribution in [-0.4, -0.2) is 30.9 Å². The lowest BCUT2D eigenvalue weighted by molar-refractivity contribution is -0.154. The summed E-state index contributed by atoms with van der Waals surface area (Å²) in [6, 6.07) is 9.40. The van der Waals surface area contributed by atoms with E-state index >= 15 is 0 Å². The molecule has 0 amide bonds. The largest absolute Gasteiger partial charge is 0.462 e. The molecule has 0 aliphatic rings. The molecule has 1 rings (SSSR count). The van der Waals surface area contributed by atoms with E-state index in [0.29, 0.717) is 19.3 Å². The number of rotatable bonds is 11. The average molecular weight is 473 g/mol. The van der Waals surface area contributed by atoms with Crippen molar-refractivity contribution in [2.75, 3.05) is 13.2 Å². The molecule has 33 heavy (non-hydrogen) atoms. The average Bonchev–Trinajstić information content (AvgIpc) is 2.67. The predicted octanol–water partition coefficient (Wildman–Crippen LogP) is 8.27. The highest BCUT2D eigenvalue weighted by Gasteiger charge is 2.23. The fraction of sp³-hybridized carbons (Fsp3) is 0.607. The number of ether oxygens (including phenoxy) is 2. The summed E-state index contributed by atoms with van der Waals surface area (Å²) in [7, 11) is 0. The third kappa shape index (κ3) is 19.9.